The number of anilines is 2. The Labute approximate surface area is 165 Å². The first-order valence-electron chi connectivity index (χ1n) is 9.43. The van der Waals surface area contributed by atoms with Crippen LogP contribution < -0.4 is 19.7 Å². The maximum atomic E-state index is 12.4. The van der Waals surface area contributed by atoms with E-state index in [1.165, 1.54) is 6.08 Å². The fourth-order valence-corrected chi connectivity index (χ4v) is 3.07. The lowest BCUT2D eigenvalue weighted by Gasteiger charge is -2.30. The smallest absolute Gasteiger partial charge is 0.248 e. The van der Waals surface area contributed by atoms with Gasteiger partial charge in [-0.2, -0.15) is 0 Å². The molecule has 0 aromatic heterocycles. The molecule has 0 aliphatic carbocycles. The molecule has 0 radical (unpaired) electrons. The van der Waals surface area contributed by atoms with Gasteiger partial charge in [0.15, 0.2) is 11.5 Å². The number of morpholine rings is 1. The van der Waals surface area contributed by atoms with Gasteiger partial charge < -0.3 is 24.4 Å². The molecule has 148 valence electrons. The topological polar surface area (TPSA) is 60.0 Å². The van der Waals surface area contributed by atoms with Crippen LogP contribution in [0.4, 0.5) is 11.4 Å². The number of para-hydroxylation sites is 2. The SMILES string of the molecule is CCOc1ccc(C=CC(=O)Nc2ccccc2N2CCOCC2)cc1OC. The van der Waals surface area contributed by atoms with Crippen LogP contribution in [0.25, 0.3) is 6.08 Å². The molecule has 0 unspecified atom stereocenters. The van der Waals surface area contributed by atoms with E-state index in [4.69, 9.17) is 14.2 Å². The molecule has 2 aromatic carbocycles. The molecule has 2 aromatic rings. The van der Waals surface area contributed by atoms with Crippen molar-refractivity contribution in [3.05, 3.63) is 54.1 Å². The van der Waals surface area contributed by atoms with Gasteiger partial charge in [-0.1, -0.05) is 18.2 Å². The maximum Gasteiger partial charge on any atom is 0.248 e. The van der Waals surface area contributed by atoms with Crippen molar-refractivity contribution in [2.45, 2.75) is 6.92 Å². The molecule has 1 heterocycles. The quantitative estimate of drug-likeness (QED) is 0.742. The summed E-state index contributed by atoms with van der Waals surface area (Å²) in [5, 5.41) is 2.97. The van der Waals surface area contributed by atoms with Crippen LogP contribution in [0.3, 0.4) is 0 Å². The summed E-state index contributed by atoms with van der Waals surface area (Å²) in [6.45, 7) is 5.51. The zero-order valence-corrected chi connectivity index (χ0v) is 16.3. The molecule has 0 spiro atoms. The van der Waals surface area contributed by atoms with Crippen molar-refractivity contribution in [1.82, 2.24) is 0 Å². The van der Waals surface area contributed by atoms with Crippen molar-refractivity contribution >= 4 is 23.4 Å². The van der Waals surface area contributed by atoms with Crippen LogP contribution in [0.5, 0.6) is 11.5 Å². The Kier molecular flexibility index (Phi) is 6.92. The fraction of sp³-hybridized carbons (Fsp3) is 0.318. The number of nitrogens with zero attached hydrogens (tertiary/aromatic N) is 1. The summed E-state index contributed by atoms with van der Waals surface area (Å²) >= 11 is 0. The van der Waals surface area contributed by atoms with Gasteiger partial charge in [-0.15, -0.1) is 0 Å². The minimum Gasteiger partial charge on any atom is -0.493 e. The van der Waals surface area contributed by atoms with E-state index in [0.717, 1.165) is 30.0 Å². The molecule has 28 heavy (non-hydrogen) atoms. The van der Waals surface area contributed by atoms with Crippen LogP contribution in [0, 0.1) is 0 Å². The van der Waals surface area contributed by atoms with Gasteiger partial charge in [-0.25, -0.2) is 0 Å². The van der Waals surface area contributed by atoms with E-state index >= 15 is 0 Å². The molecule has 1 aliphatic rings. The molecular weight excluding hydrogens is 356 g/mol. The predicted octanol–water partition coefficient (Wildman–Crippen LogP) is 3.58. The van der Waals surface area contributed by atoms with E-state index in [1.807, 2.05) is 49.4 Å². The van der Waals surface area contributed by atoms with E-state index in [2.05, 4.69) is 10.2 Å². The summed E-state index contributed by atoms with van der Waals surface area (Å²) in [7, 11) is 1.60. The highest BCUT2D eigenvalue weighted by Crippen LogP contribution is 2.29. The number of rotatable bonds is 7. The molecule has 6 nitrogen and oxygen atoms in total. The van der Waals surface area contributed by atoms with Gasteiger partial charge in [0.25, 0.3) is 0 Å². The van der Waals surface area contributed by atoms with E-state index in [-0.39, 0.29) is 5.91 Å². The second kappa shape index (κ2) is 9.80. The first-order valence-corrected chi connectivity index (χ1v) is 9.43. The molecule has 0 atom stereocenters. The van der Waals surface area contributed by atoms with Crippen LogP contribution in [0.1, 0.15) is 12.5 Å². The lowest BCUT2D eigenvalue weighted by molar-refractivity contribution is -0.111. The Bertz CT molecular complexity index is 829. The highest BCUT2D eigenvalue weighted by atomic mass is 16.5. The number of nitrogens with one attached hydrogen (secondary N) is 1. The molecule has 1 aliphatic heterocycles. The number of hydrogen-bond donors (Lipinski definition) is 1. The van der Waals surface area contributed by atoms with Crippen molar-refractivity contribution < 1.29 is 19.0 Å². The number of amides is 1. The lowest BCUT2D eigenvalue weighted by atomic mass is 10.2. The molecule has 1 fully saturated rings. The van der Waals surface area contributed by atoms with Crippen LogP contribution in [0.15, 0.2) is 48.5 Å². The third kappa shape index (κ3) is 5.04. The van der Waals surface area contributed by atoms with Crippen LogP contribution in [-0.2, 0) is 9.53 Å². The van der Waals surface area contributed by atoms with Gasteiger partial charge in [0.2, 0.25) is 5.91 Å². The second-order valence-electron chi connectivity index (χ2n) is 6.28. The Morgan fingerprint density at radius 1 is 1.18 bits per heavy atom. The normalized spacial score (nSPS) is 14.1. The van der Waals surface area contributed by atoms with Gasteiger partial charge in [-0.05, 0) is 42.8 Å². The maximum absolute atomic E-state index is 12.4. The van der Waals surface area contributed by atoms with Crippen molar-refractivity contribution in [1.29, 1.82) is 0 Å². The zero-order chi connectivity index (χ0) is 19.8. The Morgan fingerprint density at radius 3 is 2.71 bits per heavy atom. The average Bonchev–Trinajstić information content (AvgIpc) is 2.74. The molecule has 0 saturated carbocycles. The van der Waals surface area contributed by atoms with Crippen LogP contribution >= 0.6 is 0 Å². The molecule has 6 heteroatoms. The van der Waals surface area contributed by atoms with Crippen molar-refractivity contribution in [2.75, 3.05) is 50.2 Å². The van der Waals surface area contributed by atoms with E-state index in [1.54, 1.807) is 13.2 Å². The average molecular weight is 382 g/mol. The number of carbonyl (C=O) groups is 1. The molecule has 1 amide bonds. The van der Waals surface area contributed by atoms with Crippen molar-refractivity contribution in [2.24, 2.45) is 0 Å². The summed E-state index contributed by atoms with van der Waals surface area (Å²) in [6.07, 6.45) is 3.27. The minimum absolute atomic E-state index is 0.187. The summed E-state index contributed by atoms with van der Waals surface area (Å²) in [4.78, 5) is 14.7. The summed E-state index contributed by atoms with van der Waals surface area (Å²) in [6, 6.07) is 13.4. The standard InChI is InChI=1S/C22H26N2O4/c1-3-28-20-10-8-17(16-21(20)26-2)9-11-22(25)23-18-6-4-5-7-19(18)24-12-14-27-15-13-24/h4-11,16H,3,12-15H2,1-2H3,(H,23,25). The van der Waals surface area contributed by atoms with Gasteiger partial charge in [0, 0.05) is 19.2 Å². The predicted molar refractivity (Wildman–Crippen MR) is 111 cm³/mol. The highest BCUT2D eigenvalue weighted by molar-refractivity contribution is 6.03. The lowest BCUT2D eigenvalue weighted by Crippen LogP contribution is -2.36. The molecular formula is C22H26N2O4. The Morgan fingerprint density at radius 2 is 1.96 bits per heavy atom. The Hall–Kier alpha value is -2.99. The zero-order valence-electron chi connectivity index (χ0n) is 16.3. The monoisotopic (exact) mass is 382 g/mol. The first kappa shape index (κ1) is 19.8. The summed E-state index contributed by atoms with van der Waals surface area (Å²) in [5.74, 6) is 1.14. The molecule has 1 N–H and O–H groups in total. The minimum atomic E-state index is -0.187. The summed E-state index contributed by atoms with van der Waals surface area (Å²) < 4.78 is 16.3. The van der Waals surface area contributed by atoms with E-state index in [0.29, 0.717) is 31.3 Å². The van der Waals surface area contributed by atoms with Crippen LogP contribution in [-0.4, -0.2) is 45.9 Å². The fourth-order valence-electron chi connectivity index (χ4n) is 3.07. The van der Waals surface area contributed by atoms with Crippen LogP contribution in [0.2, 0.25) is 0 Å². The number of benzene rings is 2. The van der Waals surface area contributed by atoms with Gasteiger partial charge in [0.1, 0.15) is 0 Å². The van der Waals surface area contributed by atoms with Gasteiger partial charge in [-0.3, -0.25) is 4.79 Å². The first-order chi connectivity index (χ1) is 13.7. The molecule has 0 bridgehead atoms. The number of hydrogen-bond acceptors (Lipinski definition) is 5. The molecule has 1 saturated heterocycles. The largest absolute Gasteiger partial charge is 0.493 e. The third-order valence-electron chi connectivity index (χ3n) is 4.43. The number of methoxy groups -OCH3 is 1. The van der Waals surface area contributed by atoms with Gasteiger partial charge >= 0.3 is 0 Å². The Balaban J connectivity index is 1.69. The number of ether oxygens (including phenoxy) is 3. The third-order valence-corrected chi connectivity index (χ3v) is 4.43. The molecule has 3 rings (SSSR count). The highest BCUT2D eigenvalue weighted by Gasteiger charge is 2.15. The second-order valence-corrected chi connectivity index (χ2v) is 6.28. The van der Waals surface area contributed by atoms with Crippen molar-refractivity contribution in [3.8, 4) is 11.5 Å². The summed E-state index contributed by atoms with van der Waals surface area (Å²) in [5.41, 5.74) is 2.66. The van der Waals surface area contributed by atoms with Crippen molar-refractivity contribution in [3.63, 3.8) is 0 Å². The van der Waals surface area contributed by atoms with E-state index in [9.17, 15) is 4.79 Å². The van der Waals surface area contributed by atoms with E-state index < -0.39 is 0 Å². The van der Waals surface area contributed by atoms with Gasteiger partial charge in [0.05, 0.1) is 38.3 Å². The number of carbonyl (C=O) groups excluding carboxylic acids is 1.